The van der Waals surface area contributed by atoms with Gasteiger partial charge in [0.25, 0.3) is 5.91 Å². The van der Waals surface area contributed by atoms with E-state index in [9.17, 15) is 9.90 Å². The molecule has 2 aromatic rings. The highest BCUT2D eigenvalue weighted by atomic mass is 32.1. The number of nitrogens with one attached hydrogen (secondary N) is 1. The molecule has 0 saturated heterocycles. The van der Waals surface area contributed by atoms with Gasteiger partial charge >= 0.3 is 0 Å². The van der Waals surface area contributed by atoms with Crippen LogP contribution >= 0.6 is 11.3 Å². The van der Waals surface area contributed by atoms with Crippen LogP contribution in [0.3, 0.4) is 0 Å². The molecule has 7 nitrogen and oxygen atoms in total. The molecule has 0 radical (unpaired) electrons. The number of carbonyl (C=O) groups is 1. The van der Waals surface area contributed by atoms with Crippen LogP contribution in [-0.2, 0) is 0 Å². The number of rotatable bonds is 4. The second kappa shape index (κ2) is 4.95. The van der Waals surface area contributed by atoms with Gasteiger partial charge in [-0.25, -0.2) is 0 Å². The molecule has 0 aliphatic carbocycles. The Morgan fingerprint density at radius 1 is 1.40 bits per heavy atom. The number of hydrogen-bond donors (Lipinski definition) is 2. The Morgan fingerprint density at radius 3 is 2.65 bits per heavy atom. The van der Waals surface area contributed by atoms with Crippen LogP contribution in [0, 0.1) is 0 Å². The van der Waals surface area contributed by atoms with E-state index in [1.54, 1.807) is 39.1 Å². The summed E-state index contributed by atoms with van der Waals surface area (Å²) in [6.45, 7) is 6.86. The van der Waals surface area contributed by atoms with E-state index in [0.29, 0.717) is 10.6 Å². The van der Waals surface area contributed by atoms with Gasteiger partial charge in [0.2, 0.25) is 0 Å². The molecule has 8 heteroatoms. The van der Waals surface area contributed by atoms with Crippen LogP contribution in [0.4, 0.5) is 0 Å². The highest BCUT2D eigenvalue weighted by Gasteiger charge is 2.37. The minimum atomic E-state index is -1.05. The molecule has 20 heavy (non-hydrogen) atoms. The molecule has 2 aromatic heterocycles. The highest BCUT2D eigenvalue weighted by Crippen LogP contribution is 2.24. The second-order valence-electron chi connectivity index (χ2n) is 5.53. The second-order valence-corrected chi connectivity index (χ2v) is 6.44. The molecule has 0 bridgehead atoms. The average Bonchev–Trinajstić information content (AvgIpc) is 2.97. The number of aromatic nitrogens is 4. The quantitative estimate of drug-likeness (QED) is 0.878. The molecule has 0 atom stereocenters. The number of amides is 1. The van der Waals surface area contributed by atoms with Gasteiger partial charge < -0.3 is 10.4 Å². The summed E-state index contributed by atoms with van der Waals surface area (Å²) in [7, 11) is 0. The van der Waals surface area contributed by atoms with Crippen molar-refractivity contribution in [2.75, 3.05) is 0 Å². The summed E-state index contributed by atoms with van der Waals surface area (Å²) in [5.74, 6) is -0.266. The minimum absolute atomic E-state index is 0.266. The first-order valence-corrected chi connectivity index (χ1v) is 6.96. The lowest BCUT2D eigenvalue weighted by atomic mass is 9.86. The topological polar surface area (TPSA) is 92.9 Å². The molecule has 2 N–H and O–H groups in total. The Balaban J connectivity index is 2.26. The van der Waals surface area contributed by atoms with Crippen molar-refractivity contribution in [1.29, 1.82) is 0 Å². The molecule has 0 fully saturated rings. The summed E-state index contributed by atoms with van der Waals surface area (Å²) in [5.41, 5.74) is -1.20. The lowest BCUT2D eigenvalue weighted by Crippen LogP contribution is -2.57. The summed E-state index contributed by atoms with van der Waals surface area (Å²) in [6.07, 6.45) is 1.43. The zero-order valence-corrected chi connectivity index (χ0v) is 12.6. The largest absolute Gasteiger partial charge is 0.388 e. The van der Waals surface area contributed by atoms with Crippen LogP contribution < -0.4 is 5.32 Å². The van der Waals surface area contributed by atoms with Crippen LogP contribution in [0.1, 0.15) is 37.4 Å². The van der Waals surface area contributed by atoms with Crippen LogP contribution in [0.5, 0.6) is 0 Å². The normalized spacial score (nSPS) is 12.4. The molecule has 0 spiro atoms. The standard InChI is InChI=1S/C12H17N5O2S/c1-11(2,12(3,4)19)14-10(18)9-8(5-6-20-9)17-7-13-15-16-17/h5-7,19H,1-4H3,(H,14,18). The summed E-state index contributed by atoms with van der Waals surface area (Å²) < 4.78 is 1.43. The van der Waals surface area contributed by atoms with Gasteiger partial charge in [0.15, 0.2) is 0 Å². The van der Waals surface area contributed by atoms with Crippen molar-refractivity contribution >= 4 is 17.2 Å². The molecule has 0 aliphatic rings. The van der Waals surface area contributed by atoms with E-state index in [2.05, 4.69) is 20.8 Å². The third-order valence-electron chi connectivity index (χ3n) is 3.40. The van der Waals surface area contributed by atoms with Gasteiger partial charge in [0.05, 0.1) is 16.8 Å². The third kappa shape index (κ3) is 2.70. The van der Waals surface area contributed by atoms with E-state index in [-0.39, 0.29) is 5.91 Å². The molecule has 1 amide bonds. The SMILES string of the molecule is CC(C)(O)C(C)(C)NC(=O)c1sccc1-n1cnnn1. The minimum Gasteiger partial charge on any atom is -0.388 e. The molecular weight excluding hydrogens is 278 g/mol. The van der Waals surface area contributed by atoms with Gasteiger partial charge in [-0.1, -0.05) is 0 Å². The Kier molecular flexibility index (Phi) is 3.61. The molecule has 0 aliphatic heterocycles. The van der Waals surface area contributed by atoms with Crippen LogP contribution in [-0.4, -0.2) is 42.4 Å². The zero-order valence-electron chi connectivity index (χ0n) is 11.8. The van der Waals surface area contributed by atoms with E-state index >= 15 is 0 Å². The van der Waals surface area contributed by atoms with Crippen LogP contribution in [0.15, 0.2) is 17.8 Å². The fraction of sp³-hybridized carbons (Fsp3) is 0.500. The number of thiophene rings is 1. The molecule has 108 valence electrons. The van der Waals surface area contributed by atoms with Crippen LogP contribution in [0.25, 0.3) is 5.69 Å². The summed E-state index contributed by atoms with van der Waals surface area (Å²) >= 11 is 1.30. The smallest absolute Gasteiger partial charge is 0.264 e. The fourth-order valence-electron chi connectivity index (χ4n) is 1.42. The lowest BCUT2D eigenvalue weighted by Gasteiger charge is -2.37. The molecule has 2 rings (SSSR count). The highest BCUT2D eigenvalue weighted by molar-refractivity contribution is 7.12. The van der Waals surface area contributed by atoms with Gasteiger partial charge in [-0.3, -0.25) is 4.79 Å². The molecule has 0 aromatic carbocycles. The number of hydrogen-bond acceptors (Lipinski definition) is 6. The number of nitrogens with zero attached hydrogens (tertiary/aromatic N) is 4. The summed E-state index contributed by atoms with van der Waals surface area (Å²) in [4.78, 5) is 12.9. The van der Waals surface area contributed by atoms with E-state index in [0.717, 1.165) is 0 Å². The van der Waals surface area contributed by atoms with E-state index in [4.69, 9.17) is 0 Å². The van der Waals surface area contributed by atoms with Crippen molar-refractivity contribution in [2.24, 2.45) is 0 Å². The zero-order chi connectivity index (χ0) is 15.0. The van der Waals surface area contributed by atoms with Crippen molar-refractivity contribution in [3.05, 3.63) is 22.7 Å². The maximum absolute atomic E-state index is 12.4. The Hall–Kier alpha value is -1.80. The van der Waals surface area contributed by atoms with Gasteiger partial charge in [-0.15, -0.1) is 16.4 Å². The van der Waals surface area contributed by atoms with E-state index in [1.165, 1.54) is 22.3 Å². The number of tetrazole rings is 1. The van der Waals surface area contributed by atoms with Crippen molar-refractivity contribution < 1.29 is 9.90 Å². The van der Waals surface area contributed by atoms with E-state index < -0.39 is 11.1 Å². The van der Waals surface area contributed by atoms with Crippen molar-refractivity contribution in [2.45, 2.75) is 38.8 Å². The maximum atomic E-state index is 12.4. The maximum Gasteiger partial charge on any atom is 0.264 e. The third-order valence-corrected chi connectivity index (χ3v) is 4.30. The predicted octanol–water partition coefficient (Wildman–Crippen LogP) is 1.00. The summed E-state index contributed by atoms with van der Waals surface area (Å²) in [6, 6.07) is 1.77. The van der Waals surface area contributed by atoms with Gasteiger partial charge in [-0.05, 0) is 49.6 Å². The Morgan fingerprint density at radius 2 is 2.10 bits per heavy atom. The predicted molar refractivity (Wildman–Crippen MR) is 74.9 cm³/mol. The fourth-order valence-corrected chi connectivity index (χ4v) is 2.19. The molecular formula is C12H17N5O2S. The van der Waals surface area contributed by atoms with Gasteiger partial charge in [0.1, 0.15) is 11.2 Å². The monoisotopic (exact) mass is 295 g/mol. The summed E-state index contributed by atoms with van der Waals surface area (Å²) in [5, 5.41) is 25.6. The first kappa shape index (κ1) is 14.6. The van der Waals surface area contributed by atoms with Crippen LogP contribution in [0.2, 0.25) is 0 Å². The van der Waals surface area contributed by atoms with Gasteiger partial charge in [-0.2, -0.15) is 4.68 Å². The average molecular weight is 295 g/mol. The van der Waals surface area contributed by atoms with Crippen molar-refractivity contribution in [3.8, 4) is 5.69 Å². The molecule has 0 saturated carbocycles. The first-order valence-electron chi connectivity index (χ1n) is 6.08. The Bertz CT molecular complexity index is 598. The molecule has 0 unspecified atom stereocenters. The lowest BCUT2D eigenvalue weighted by molar-refractivity contribution is -0.00285. The van der Waals surface area contributed by atoms with Gasteiger partial charge in [0, 0.05) is 0 Å². The molecule has 2 heterocycles. The van der Waals surface area contributed by atoms with E-state index in [1.807, 2.05) is 0 Å². The van der Waals surface area contributed by atoms with Crippen molar-refractivity contribution in [1.82, 2.24) is 25.5 Å². The number of carbonyl (C=O) groups excluding carboxylic acids is 1. The first-order chi connectivity index (χ1) is 9.22. The Labute approximate surface area is 120 Å². The van der Waals surface area contributed by atoms with Crippen molar-refractivity contribution in [3.63, 3.8) is 0 Å². The number of aliphatic hydroxyl groups is 1.